The van der Waals surface area contributed by atoms with Crippen LogP contribution in [0.2, 0.25) is 0 Å². The van der Waals surface area contributed by atoms with Gasteiger partial charge in [0, 0.05) is 49.7 Å². The molecule has 1 saturated heterocycles. The number of hydrogen-bond acceptors (Lipinski definition) is 6. The van der Waals surface area contributed by atoms with Crippen LogP contribution in [-0.2, 0) is 4.79 Å². The zero-order valence-electron chi connectivity index (χ0n) is 16.8. The van der Waals surface area contributed by atoms with E-state index in [9.17, 15) is 14.0 Å². The molecule has 1 fully saturated rings. The quantitative estimate of drug-likeness (QED) is 0.571. The van der Waals surface area contributed by atoms with Gasteiger partial charge < -0.3 is 14.5 Å². The fourth-order valence-electron chi connectivity index (χ4n) is 3.32. The van der Waals surface area contributed by atoms with Gasteiger partial charge >= 0.3 is 0 Å². The molecule has 0 unspecified atom stereocenters. The van der Waals surface area contributed by atoms with E-state index in [0.717, 1.165) is 0 Å². The third kappa shape index (κ3) is 5.03. The van der Waals surface area contributed by atoms with E-state index in [1.54, 1.807) is 47.6 Å². The molecule has 1 aromatic heterocycles. The Bertz CT molecular complexity index is 1030. The molecule has 1 aliphatic rings. The number of piperazine rings is 1. The van der Waals surface area contributed by atoms with Crippen molar-refractivity contribution in [3.63, 3.8) is 0 Å². The summed E-state index contributed by atoms with van der Waals surface area (Å²) in [6, 6.07) is 13.7. The van der Waals surface area contributed by atoms with Crippen LogP contribution in [0.25, 0.3) is 0 Å². The number of anilines is 1. The first-order valence-corrected chi connectivity index (χ1v) is 9.93. The zero-order chi connectivity index (χ0) is 21.6. The summed E-state index contributed by atoms with van der Waals surface area (Å²) in [7, 11) is 0. The van der Waals surface area contributed by atoms with Gasteiger partial charge in [-0.05, 0) is 54.6 Å². The minimum Gasteiger partial charge on any atom is -0.484 e. The van der Waals surface area contributed by atoms with Crippen LogP contribution in [0.15, 0.2) is 67.0 Å². The van der Waals surface area contributed by atoms with E-state index in [4.69, 9.17) is 4.74 Å². The monoisotopic (exact) mass is 420 g/mol. The number of benzene rings is 2. The molecule has 1 amide bonds. The Hall–Kier alpha value is -3.81. The standard InChI is InChI=1S/C23H21FN4O3/c24-19-6-2-17(3-7-19)22(30)18-4-8-20(9-5-18)31-16-21(29)27-12-14-28(15-13-27)23-25-10-1-11-26-23/h1-11H,12-16H2. The van der Waals surface area contributed by atoms with Gasteiger partial charge in [0.05, 0.1) is 0 Å². The second-order valence-electron chi connectivity index (χ2n) is 7.07. The average molecular weight is 420 g/mol. The number of ketones is 1. The third-order valence-corrected chi connectivity index (χ3v) is 5.05. The molecule has 2 aromatic carbocycles. The lowest BCUT2D eigenvalue weighted by atomic mass is 10.0. The van der Waals surface area contributed by atoms with Gasteiger partial charge in [-0.25, -0.2) is 14.4 Å². The summed E-state index contributed by atoms with van der Waals surface area (Å²) < 4.78 is 18.6. The molecule has 0 spiro atoms. The molecule has 0 atom stereocenters. The molecule has 4 rings (SSSR count). The molecule has 0 N–H and O–H groups in total. The summed E-state index contributed by atoms with van der Waals surface area (Å²) in [4.78, 5) is 37.2. The van der Waals surface area contributed by atoms with Crippen molar-refractivity contribution >= 4 is 17.6 Å². The summed E-state index contributed by atoms with van der Waals surface area (Å²) in [6.45, 7) is 2.40. The van der Waals surface area contributed by atoms with Crippen LogP contribution >= 0.6 is 0 Å². The van der Waals surface area contributed by atoms with Crippen LogP contribution in [0.1, 0.15) is 15.9 Å². The molecule has 158 valence electrons. The molecular formula is C23H21FN4O3. The van der Waals surface area contributed by atoms with Crippen molar-refractivity contribution in [1.29, 1.82) is 0 Å². The SMILES string of the molecule is O=C(c1ccc(F)cc1)c1ccc(OCC(=O)N2CCN(c3ncccn3)CC2)cc1. The van der Waals surface area contributed by atoms with Crippen molar-refractivity contribution in [3.8, 4) is 5.75 Å². The smallest absolute Gasteiger partial charge is 0.260 e. The summed E-state index contributed by atoms with van der Waals surface area (Å²) in [6.07, 6.45) is 3.40. The van der Waals surface area contributed by atoms with Crippen molar-refractivity contribution in [2.45, 2.75) is 0 Å². The predicted octanol–water partition coefficient (Wildman–Crippen LogP) is 2.57. The normalized spacial score (nSPS) is 13.7. The van der Waals surface area contributed by atoms with E-state index in [2.05, 4.69) is 9.97 Å². The van der Waals surface area contributed by atoms with E-state index in [0.29, 0.717) is 49.0 Å². The first kappa shape index (κ1) is 20.5. The van der Waals surface area contributed by atoms with Gasteiger partial charge in [0.25, 0.3) is 5.91 Å². The largest absolute Gasteiger partial charge is 0.484 e. The summed E-state index contributed by atoms with van der Waals surface area (Å²) >= 11 is 0. The lowest BCUT2D eigenvalue weighted by molar-refractivity contribution is -0.133. The van der Waals surface area contributed by atoms with E-state index >= 15 is 0 Å². The van der Waals surface area contributed by atoms with Crippen molar-refractivity contribution in [2.75, 3.05) is 37.7 Å². The lowest BCUT2D eigenvalue weighted by Crippen LogP contribution is -2.50. The van der Waals surface area contributed by atoms with Gasteiger partial charge in [-0.1, -0.05) is 0 Å². The second-order valence-corrected chi connectivity index (χ2v) is 7.07. The molecule has 0 radical (unpaired) electrons. The van der Waals surface area contributed by atoms with Crippen molar-refractivity contribution in [2.24, 2.45) is 0 Å². The second kappa shape index (κ2) is 9.34. The maximum atomic E-state index is 13.0. The fraction of sp³-hybridized carbons (Fsp3) is 0.217. The Morgan fingerprint density at radius 1 is 0.871 bits per heavy atom. The summed E-state index contributed by atoms with van der Waals surface area (Å²) in [5.41, 5.74) is 0.870. The number of carbonyl (C=O) groups is 2. The van der Waals surface area contributed by atoms with Gasteiger partial charge in [-0.2, -0.15) is 0 Å². The zero-order valence-corrected chi connectivity index (χ0v) is 16.8. The van der Waals surface area contributed by atoms with E-state index in [-0.39, 0.29) is 24.1 Å². The molecule has 7 nitrogen and oxygen atoms in total. The van der Waals surface area contributed by atoms with Crippen LogP contribution in [0.4, 0.5) is 10.3 Å². The average Bonchev–Trinajstić information content (AvgIpc) is 2.83. The Morgan fingerprint density at radius 2 is 1.45 bits per heavy atom. The van der Waals surface area contributed by atoms with E-state index in [1.165, 1.54) is 24.3 Å². The minimum atomic E-state index is -0.389. The molecule has 0 saturated carbocycles. The first-order chi connectivity index (χ1) is 15.1. The molecular weight excluding hydrogens is 399 g/mol. The Labute approximate surface area is 179 Å². The van der Waals surface area contributed by atoms with Gasteiger partial charge in [-0.15, -0.1) is 0 Å². The van der Waals surface area contributed by atoms with E-state index < -0.39 is 0 Å². The van der Waals surface area contributed by atoms with Crippen LogP contribution in [0, 0.1) is 5.82 Å². The van der Waals surface area contributed by atoms with E-state index in [1.807, 2.05) is 4.90 Å². The number of carbonyl (C=O) groups excluding carboxylic acids is 2. The number of halogens is 1. The highest BCUT2D eigenvalue weighted by Crippen LogP contribution is 2.16. The third-order valence-electron chi connectivity index (χ3n) is 5.05. The fourth-order valence-corrected chi connectivity index (χ4v) is 3.32. The number of rotatable bonds is 6. The molecule has 3 aromatic rings. The molecule has 1 aliphatic heterocycles. The number of ether oxygens (including phenoxy) is 1. The maximum absolute atomic E-state index is 13.0. The van der Waals surface area contributed by atoms with Gasteiger partial charge in [0.2, 0.25) is 5.95 Å². The minimum absolute atomic E-state index is 0.0763. The van der Waals surface area contributed by atoms with Gasteiger partial charge in [0.15, 0.2) is 12.4 Å². The number of nitrogens with zero attached hydrogens (tertiary/aromatic N) is 4. The molecule has 8 heteroatoms. The molecule has 0 aliphatic carbocycles. The lowest BCUT2D eigenvalue weighted by Gasteiger charge is -2.34. The van der Waals surface area contributed by atoms with Gasteiger partial charge in [0.1, 0.15) is 11.6 Å². The van der Waals surface area contributed by atoms with Gasteiger partial charge in [-0.3, -0.25) is 9.59 Å². The molecule has 2 heterocycles. The van der Waals surface area contributed by atoms with Crippen LogP contribution in [-0.4, -0.2) is 59.3 Å². The van der Waals surface area contributed by atoms with Crippen LogP contribution in [0.5, 0.6) is 5.75 Å². The summed E-state index contributed by atoms with van der Waals surface area (Å²) in [5, 5.41) is 0. The maximum Gasteiger partial charge on any atom is 0.260 e. The summed E-state index contributed by atoms with van der Waals surface area (Å²) in [5.74, 6) is 0.476. The highest BCUT2D eigenvalue weighted by Gasteiger charge is 2.22. The van der Waals surface area contributed by atoms with Crippen molar-refractivity contribution in [1.82, 2.24) is 14.9 Å². The predicted molar refractivity (Wildman–Crippen MR) is 113 cm³/mol. The highest BCUT2D eigenvalue weighted by molar-refractivity contribution is 6.09. The van der Waals surface area contributed by atoms with Crippen molar-refractivity contribution in [3.05, 3.63) is 83.9 Å². The Balaban J connectivity index is 1.27. The first-order valence-electron chi connectivity index (χ1n) is 9.93. The Kier molecular flexibility index (Phi) is 6.16. The van der Waals surface area contributed by atoms with Crippen molar-refractivity contribution < 1.29 is 18.7 Å². The van der Waals surface area contributed by atoms with Crippen LogP contribution in [0.3, 0.4) is 0 Å². The number of hydrogen-bond donors (Lipinski definition) is 0. The number of aromatic nitrogens is 2. The molecule has 31 heavy (non-hydrogen) atoms. The molecule has 0 bridgehead atoms. The van der Waals surface area contributed by atoms with Crippen LogP contribution < -0.4 is 9.64 Å². The topological polar surface area (TPSA) is 75.6 Å². The Morgan fingerprint density at radius 3 is 2.06 bits per heavy atom. The number of amides is 1. The highest BCUT2D eigenvalue weighted by atomic mass is 19.1.